The van der Waals surface area contributed by atoms with Gasteiger partial charge in [-0.2, -0.15) is 0 Å². The molecule has 1 unspecified atom stereocenters. The molecule has 1 atom stereocenters. The van der Waals surface area contributed by atoms with Crippen LogP contribution in [0.3, 0.4) is 0 Å². The van der Waals surface area contributed by atoms with Crippen molar-refractivity contribution in [3.8, 4) is 0 Å². The lowest BCUT2D eigenvalue weighted by molar-refractivity contribution is -0.123. The number of sulfonamides is 1. The molecule has 6 nitrogen and oxygen atoms in total. The van der Waals surface area contributed by atoms with Crippen molar-refractivity contribution in [2.24, 2.45) is 10.9 Å². The number of nitrogens with zero attached hydrogens (tertiary/aromatic N) is 1. The minimum Gasteiger partial charge on any atom is -0.354 e. The topological polar surface area (TPSA) is 87.6 Å². The molecule has 1 heterocycles. The number of carbonyl (C=O) groups is 1. The maximum atomic E-state index is 13.0. The summed E-state index contributed by atoms with van der Waals surface area (Å²) in [6.07, 6.45) is 0.558. The molecule has 3 rings (SSSR count). The average molecular weight is 403 g/mol. The van der Waals surface area contributed by atoms with Crippen LogP contribution in [0.4, 0.5) is 4.39 Å². The van der Waals surface area contributed by atoms with Gasteiger partial charge in [0.25, 0.3) is 10.0 Å². The van der Waals surface area contributed by atoms with E-state index in [0.29, 0.717) is 18.5 Å². The van der Waals surface area contributed by atoms with Crippen molar-refractivity contribution in [1.82, 2.24) is 10.0 Å². The predicted octanol–water partition coefficient (Wildman–Crippen LogP) is 2.25. The van der Waals surface area contributed by atoms with Crippen LogP contribution in [-0.4, -0.2) is 32.7 Å². The highest BCUT2D eigenvalue weighted by atomic mass is 32.2. The van der Waals surface area contributed by atoms with E-state index in [9.17, 15) is 17.6 Å². The lowest BCUT2D eigenvalue weighted by Crippen LogP contribution is -2.39. The molecular formula is C20H22FN3O3S. The Morgan fingerprint density at radius 1 is 1.14 bits per heavy atom. The van der Waals surface area contributed by atoms with Crippen LogP contribution in [0.25, 0.3) is 0 Å². The quantitative estimate of drug-likeness (QED) is 0.776. The normalized spacial score (nSPS) is 17.2. The highest BCUT2D eigenvalue weighted by Gasteiger charge is 2.32. The standard InChI is InChI=1S/C20H22FN3O3S/c1-13(2)18(20(25)22-12-11-14-7-9-15(21)10-8-14)23-19-16-5-3-4-6-17(16)28(26,27)24-19/h3-10,13,18H,11-12H2,1-2H3,(H,22,25)(H,23,24). The average Bonchev–Trinajstić information content (AvgIpc) is 2.91. The predicted molar refractivity (Wildman–Crippen MR) is 105 cm³/mol. The first-order valence-corrected chi connectivity index (χ1v) is 10.5. The zero-order valence-corrected chi connectivity index (χ0v) is 16.5. The van der Waals surface area contributed by atoms with E-state index in [1.807, 2.05) is 13.8 Å². The number of fused-ring (bicyclic) bond motifs is 1. The number of carbonyl (C=O) groups excluding carboxylic acids is 1. The smallest absolute Gasteiger partial charge is 0.263 e. The van der Waals surface area contributed by atoms with E-state index in [4.69, 9.17) is 0 Å². The van der Waals surface area contributed by atoms with Crippen molar-refractivity contribution in [3.05, 3.63) is 65.5 Å². The molecule has 0 bridgehead atoms. The molecule has 0 saturated carbocycles. The van der Waals surface area contributed by atoms with E-state index in [2.05, 4.69) is 15.0 Å². The van der Waals surface area contributed by atoms with E-state index >= 15 is 0 Å². The fraction of sp³-hybridized carbons (Fsp3) is 0.300. The van der Waals surface area contributed by atoms with Crippen molar-refractivity contribution < 1.29 is 17.6 Å². The Hall–Kier alpha value is -2.74. The third-order valence-corrected chi connectivity index (χ3v) is 5.85. The summed E-state index contributed by atoms with van der Waals surface area (Å²) in [5, 5.41) is 2.83. The largest absolute Gasteiger partial charge is 0.354 e. The number of amides is 1. The van der Waals surface area contributed by atoms with Gasteiger partial charge in [0.05, 0.1) is 4.90 Å². The van der Waals surface area contributed by atoms with Crippen LogP contribution in [0, 0.1) is 11.7 Å². The summed E-state index contributed by atoms with van der Waals surface area (Å²) in [6.45, 7) is 4.08. The van der Waals surface area contributed by atoms with Gasteiger partial charge in [-0.15, -0.1) is 0 Å². The van der Waals surface area contributed by atoms with Crippen LogP contribution >= 0.6 is 0 Å². The summed E-state index contributed by atoms with van der Waals surface area (Å²) < 4.78 is 39.8. The minimum absolute atomic E-state index is 0.129. The minimum atomic E-state index is -3.65. The Labute approximate surface area is 163 Å². The third-order valence-electron chi connectivity index (χ3n) is 4.46. The monoisotopic (exact) mass is 403 g/mol. The van der Waals surface area contributed by atoms with Crippen molar-refractivity contribution >= 4 is 21.8 Å². The first kappa shape index (κ1) is 20.0. The number of hydrogen-bond donors (Lipinski definition) is 2. The molecule has 1 amide bonds. The SMILES string of the molecule is CC(C)C(N=C1NS(=O)(=O)c2ccccc21)C(=O)NCCc1ccc(F)cc1. The molecule has 8 heteroatoms. The van der Waals surface area contributed by atoms with Crippen molar-refractivity contribution in [3.63, 3.8) is 0 Å². The van der Waals surface area contributed by atoms with Gasteiger partial charge in [-0.05, 0) is 42.2 Å². The number of rotatable bonds is 6. The molecule has 0 spiro atoms. The Morgan fingerprint density at radius 3 is 2.50 bits per heavy atom. The molecule has 2 aromatic carbocycles. The van der Waals surface area contributed by atoms with Crippen molar-refractivity contribution in [2.75, 3.05) is 6.54 Å². The summed E-state index contributed by atoms with van der Waals surface area (Å²) in [7, 11) is -3.65. The second-order valence-electron chi connectivity index (χ2n) is 6.94. The second kappa shape index (κ2) is 8.10. The molecule has 0 aromatic heterocycles. The Kier molecular flexibility index (Phi) is 5.79. The number of aliphatic imine (C=N–C) groups is 1. The molecular weight excluding hydrogens is 381 g/mol. The summed E-state index contributed by atoms with van der Waals surface area (Å²) in [6, 6.07) is 11.9. The Bertz CT molecular complexity index is 1000. The van der Waals surface area contributed by atoms with Gasteiger partial charge in [-0.25, -0.2) is 12.8 Å². The molecule has 2 N–H and O–H groups in total. The van der Waals surface area contributed by atoms with Crippen LogP contribution in [0.2, 0.25) is 0 Å². The Balaban J connectivity index is 1.72. The summed E-state index contributed by atoms with van der Waals surface area (Å²) in [4.78, 5) is 17.2. The molecule has 28 heavy (non-hydrogen) atoms. The van der Waals surface area contributed by atoms with Crippen LogP contribution in [0.15, 0.2) is 58.4 Å². The van der Waals surface area contributed by atoms with Gasteiger partial charge in [-0.3, -0.25) is 14.5 Å². The second-order valence-corrected chi connectivity index (χ2v) is 8.59. The number of hydrogen-bond acceptors (Lipinski definition) is 4. The van der Waals surface area contributed by atoms with Crippen LogP contribution in [-0.2, 0) is 21.2 Å². The lowest BCUT2D eigenvalue weighted by atomic mass is 10.0. The summed E-state index contributed by atoms with van der Waals surface area (Å²) in [5.41, 5.74) is 1.37. The number of amidine groups is 1. The summed E-state index contributed by atoms with van der Waals surface area (Å²) in [5.74, 6) is -0.533. The molecule has 148 valence electrons. The van der Waals surface area contributed by atoms with E-state index in [-0.39, 0.29) is 28.4 Å². The maximum Gasteiger partial charge on any atom is 0.263 e. The van der Waals surface area contributed by atoms with Gasteiger partial charge >= 0.3 is 0 Å². The molecule has 0 fully saturated rings. The molecule has 0 radical (unpaired) electrons. The van der Waals surface area contributed by atoms with Crippen LogP contribution in [0.5, 0.6) is 0 Å². The fourth-order valence-electron chi connectivity index (χ4n) is 2.96. The first-order valence-electron chi connectivity index (χ1n) is 9.00. The Morgan fingerprint density at radius 2 is 1.82 bits per heavy atom. The highest BCUT2D eigenvalue weighted by molar-refractivity contribution is 7.90. The van der Waals surface area contributed by atoms with Gasteiger partial charge < -0.3 is 5.32 Å². The first-order chi connectivity index (χ1) is 13.3. The van der Waals surface area contributed by atoms with Gasteiger partial charge in [-0.1, -0.05) is 38.1 Å². The van der Waals surface area contributed by atoms with Crippen LogP contribution < -0.4 is 10.0 Å². The van der Waals surface area contributed by atoms with E-state index in [1.54, 1.807) is 30.3 Å². The number of benzene rings is 2. The molecule has 0 aliphatic carbocycles. The lowest BCUT2D eigenvalue weighted by Gasteiger charge is -2.17. The number of halogens is 1. The molecule has 2 aromatic rings. The van der Waals surface area contributed by atoms with E-state index < -0.39 is 16.1 Å². The van der Waals surface area contributed by atoms with Crippen molar-refractivity contribution in [1.29, 1.82) is 0 Å². The van der Waals surface area contributed by atoms with Gasteiger partial charge in [0.2, 0.25) is 5.91 Å². The zero-order valence-electron chi connectivity index (χ0n) is 15.6. The van der Waals surface area contributed by atoms with Gasteiger partial charge in [0.15, 0.2) is 0 Å². The van der Waals surface area contributed by atoms with Gasteiger partial charge in [0.1, 0.15) is 17.7 Å². The molecule has 1 aliphatic rings. The number of nitrogens with one attached hydrogen (secondary N) is 2. The van der Waals surface area contributed by atoms with Gasteiger partial charge in [0, 0.05) is 12.1 Å². The van der Waals surface area contributed by atoms with E-state index in [0.717, 1.165) is 5.56 Å². The molecule has 0 saturated heterocycles. The van der Waals surface area contributed by atoms with E-state index in [1.165, 1.54) is 18.2 Å². The van der Waals surface area contributed by atoms with Crippen LogP contribution in [0.1, 0.15) is 25.0 Å². The maximum absolute atomic E-state index is 13.0. The highest BCUT2D eigenvalue weighted by Crippen LogP contribution is 2.23. The fourth-order valence-corrected chi connectivity index (χ4v) is 4.20. The third kappa shape index (κ3) is 4.39. The summed E-state index contributed by atoms with van der Waals surface area (Å²) >= 11 is 0. The molecule has 1 aliphatic heterocycles. The van der Waals surface area contributed by atoms with Crippen molar-refractivity contribution in [2.45, 2.75) is 31.2 Å². The zero-order chi connectivity index (χ0) is 20.3.